The second-order valence-electron chi connectivity index (χ2n) is 19.3. The number of carbonyl (C=O) groups is 3. The van der Waals surface area contributed by atoms with Crippen molar-refractivity contribution in [3.8, 4) is 0 Å². The topological polar surface area (TPSA) is 78.9 Å². The third-order valence-electron chi connectivity index (χ3n) is 12.5. The van der Waals surface area contributed by atoms with Crippen molar-refractivity contribution in [3.05, 3.63) is 72.9 Å². The van der Waals surface area contributed by atoms with Crippen LogP contribution in [0.1, 0.15) is 284 Å². The van der Waals surface area contributed by atoms with E-state index in [0.29, 0.717) is 19.3 Å². The van der Waals surface area contributed by atoms with Crippen LogP contribution in [0.3, 0.4) is 0 Å². The lowest BCUT2D eigenvalue weighted by molar-refractivity contribution is -0.166. The Morgan fingerprint density at radius 2 is 0.618 bits per heavy atom. The van der Waals surface area contributed by atoms with Crippen molar-refractivity contribution in [2.75, 3.05) is 13.2 Å². The number of hydrogen-bond acceptors (Lipinski definition) is 6. The molecule has 0 aromatic carbocycles. The van der Waals surface area contributed by atoms with Gasteiger partial charge in [-0.3, -0.25) is 14.4 Å². The van der Waals surface area contributed by atoms with Crippen LogP contribution in [0, 0.1) is 0 Å². The molecule has 0 radical (unpaired) electrons. The fraction of sp³-hybridized carbons (Fsp3) is 0.758. The molecule has 0 bridgehead atoms. The first kappa shape index (κ1) is 64.8. The Morgan fingerprint density at radius 1 is 0.309 bits per heavy atom. The summed E-state index contributed by atoms with van der Waals surface area (Å²) in [6.45, 7) is 6.55. The monoisotopic (exact) mass is 949 g/mol. The van der Waals surface area contributed by atoms with E-state index < -0.39 is 6.10 Å². The lowest BCUT2D eigenvalue weighted by Gasteiger charge is -2.18. The maximum absolute atomic E-state index is 12.8. The van der Waals surface area contributed by atoms with E-state index in [-0.39, 0.29) is 37.5 Å². The number of rotatable bonds is 52. The van der Waals surface area contributed by atoms with E-state index in [9.17, 15) is 14.4 Å². The van der Waals surface area contributed by atoms with Gasteiger partial charge in [0.1, 0.15) is 13.2 Å². The van der Waals surface area contributed by atoms with Crippen LogP contribution in [-0.4, -0.2) is 37.2 Å². The summed E-state index contributed by atoms with van der Waals surface area (Å²) in [5.41, 5.74) is 0. The summed E-state index contributed by atoms with van der Waals surface area (Å²) < 4.78 is 16.8. The van der Waals surface area contributed by atoms with Crippen molar-refractivity contribution in [3.63, 3.8) is 0 Å². The highest BCUT2D eigenvalue weighted by Gasteiger charge is 2.19. The van der Waals surface area contributed by atoms with Crippen molar-refractivity contribution < 1.29 is 28.6 Å². The van der Waals surface area contributed by atoms with Gasteiger partial charge in [0, 0.05) is 19.3 Å². The average molecular weight is 950 g/mol. The summed E-state index contributed by atoms with van der Waals surface area (Å²) in [7, 11) is 0. The van der Waals surface area contributed by atoms with Crippen LogP contribution in [0.25, 0.3) is 0 Å². The van der Waals surface area contributed by atoms with Crippen molar-refractivity contribution in [1.82, 2.24) is 0 Å². The van der Waals surface area contributed by atoms with Gasteiger partial charge in [0.15, 0.2) is 6.10 Å². The molecule has 1 atom stereocenters. The van der Waals surface area contributed by atoms with Gasteiger partial charge < -0.3 is 14.2 Å². The van der Waals surface area contributed by atoms with Gasteiger partial charge >= 0.3 is 17.9 Å². The fourth-order valence-corrected chi connectivity index (χ4v) is 8.16. The largest absolute Gasteiger partial charge is 0.462 e. The first-order valence-electron chi connectivity index (χ1n) is 29.0. The van der Waals surface area contributed by atoms with E-state index in [0.717, 1.165) is 77.0 Å². The molecule has 0 N–H and O–H groups in total. The first-order chi connectivity index (χ1) is 33.5. The van der Waals surface area contributed by atoms with Gasteiger partial charge in [0.2, 0.25) is 0 Å². The number of unbranched alkanes of at least 4 members (excludes halogenated alkanes) is 32. The smallest absolute Gasteiger partial charge is 0.306 e. The molecular weight excluding hydrogens is 841 g/mol. The summed E-state index contributed by atoms with van der Waals surface area (Å²) in [6, 6.07) is 0. The Morgan fingerprint density at radius 3 is 1.06 bits per heavy atom. The fourth-order valence-electron chi connectivity index (χ4n) is 8.16. The van der Waals surface area contributed by atoms with Crippen LogP contribution in [0.15, 0.2) is 72.9 Å². The van der Waals surface area contributed by atoms with E-state index in [4.69, 9.17) is 14.2 Å². The normalized spacial score (nSPS) is 12.6. The molecule has 0 spiro atoms. The van der Waals surface area contributed by atoms with E-state index in [1.54, 1.807) is 0 Å². The van der Waals surface area contributed by atoms with Crippen LogP contribution in [0.4, 0.5) is 0 Å². The van der Waals surface area contributed by atoms with Gasteiger partial charge in [-0.1, -0.05) is 273 Å². The number of esters is 3. The molecule has 0 saturated carbocycles. The molecule has 6 heteroatoms. The summed E-state index contributed by atoms with van der Waals surface area (Å²) in [5, 5.41) is 0. The number of carbonyl (C=O) groups excluding carboxylic acids is 3. The highest BCUT2D eigenvalue weighted by molar-refractivity contribution is 5.71. The Balaban J connectivity index is 4.43. The Hall–Kier alpha value is -3.15. The molecule has 0 saturated heterocycles. The summed E-state index contributed by atoms with van der Waals surface area (Å²) in [5.74, 6) is -0.985. The molecule has 0 aromatic heterocycles. The van der Waals surface area contributed by atoms with Crippen LogP contribution >= 0.6 is 0 Å². The molecular formula is C62H108O6. The van der Waals surface area contributed by atoms with Crippen molar-refractivity contribution in [2.45, 2.75) is 290 Å². The molecule has 0 rings (SSSR count). The van der Waals surface area contributed by atoms with Crippen molar-refractivity contribution in [1.29, 1.82) is 0 Å². The molecule has 0 heterocycles. The molecule has 0 aliphatic heterocycles. The third kappa shape index (κ3) is 53.8. The second-order valence-corrected chi connectivity index (χ2v) is 19.3. The van der Waals surface area contributed by atoms with Gasteiger partial charge in [-0.15, -0.1) is 0 Å². The molecule has 1 unspecified atom stereocenters. The minimum Gasteiger partial charge on any atom is -0.462 e. The molecule has 0 aliphatic rings. The zero-order valence-corrected chi connectivity index (χ0v) is 44.9. The molecule has 0 amide bonds. The Kier molecular flexibility index (Phi) is 53.8. The van der Waals surface area contributed by atoms with E-state index in [1.807, 2.05) is 6.08 Å². The minimum atomic E-state index is -0.809. The van der Waals surface area contributed by atoms with Gasteiger partial charge in [-0.05, 0) is 64.2 Å². The van der Waals surface area contributed by atoms with Crippen LogP contribution < -0.4 is 0 Å². The zero-order valence-electron chi connectivity index (χ0n) is 44.9. The summed E-state index contributed by atoms with van der Waals surface area (Å²) >= 11 is 0. The molecule has 68 heavy (non-hydrogen) atoms. The predicted molar refractivity (Wildman–Crippen MR) is 293 cm³/mol. The SMILES string of the molecule is CCCCC\C=C/C=C\C=C/C=C\CCCCCCCC(=O)OC(COC(=O)CC/C=C\C/C=C\CCCCCCCC)COC(=O)CCCCCCCCCCCCCCCCCCCCC. The third-order valence-corrected chi connectivity index (χ3v) is 12.5. The molecule has 392 valence electrons. The van der Waals surface area contributed by atoms with Crippen molar-refractivity contribution >= 4 is 17.9 Å². The van der Waals surface area contributed by atoms with Gasteiger partial charge in [0.05, 0.1) is 0 Å². The van der Waals surface area contributed by atoms with Gasteiger partial charge in [-0.25, -0.2) is 0 Å². The van der Waals surface area contributed by atoms with E-state index in [1.165, 1.54) is 161 Å². The molecule has 0 fully saturated rings. The zero-order chi connectivity index (χ0) is 49.3. The van der Waals surface area contributed by atoms with E-state index >= 15 is 0 Å². The maximum Gasteiger partial charge on any atom is 0.306 e. The minimum absolute atomic E-state index is 0.100. The quantitative estimate of drug-likeness (QED) is 0.0199. The molecule has 6 nitrogen and oxygen atoms in total. The van der Waals surface area contributed by atoms with Crippen LogP contribution in [0.5, 0.6) is 0 Å². The summed E-state index contributed by atoms with van der Waals surface area (Å²) in [4.78, 5) is 38.1. The highest BCUT2D eigenvalue weighted by Crippen LogP contribution is 2.16. The van der Waals surface area contributed by atoms with E-state index in [2.05, 4.69) is 87.6 Å². The lowest BCUT2D eigenvalue weighted by Crippen LogP contribution is -2.30. The molecule has 0 aliphatic carbocycles. The first-order valence-corrected chi connectivity index (χ1v) is 29.0. The molecule has 0 aromatic rings. The standard InChI is InChI=1S/C62H108O6/c1-4-7-10-13-16-19-22-25-27-29-31-33-34-37-40-43-46-49-52-55-61(64)67-58-59(57-66-60(63)54-51-48-45-42-39-36-24-21-18-15-12-9-6-3)68-62(65)56-53-50-47-44-41-38-35-32-30-28-26-23-20-17-14-11-8-5-2/h17,20,23,26,28,30,32,35-36,39,45,48,59H,4-16,18-19,21-22,24-25,27,29,31,33-34,37-38,40-44,46-47,49-58H2,1-3H3/b20-17-,26-23-,30-28-,35-32-,39-36-,48-45-. The van der Waals surface area contributed by atoms with Gasteiger partial charge in [-0.2, -0.15) is 0 Å². The maximum atomic E-state index is 12.8. The number of hydrogen-bond donors (Lipinski definition) is 0. The van der Waals surface area contributed by atoms with Crippen molar-refractivity contribution in [2.24, 2.45) is 0 Å². The Labute approximate surface area is 421 Å². The second kappa shape index (κ2) is 56.4. The number of ether oxygens (including phenoxy) is 3. The number of allylic oxidation sites excluding steroid dienone is 12. The Bertz CT molecular complexity index is 1270. The van der Waals surface area contributed by atoms with Gasteiger partial charge in [0.25, 0.3) is 0 Å². The highest BCUT2D eigenvalue weighted by atomic mass is 16.6. The summed E-state index contributed by atoms with van der Waals surface area (Å²) in [6.07, 6.45) is 71.9. The average Bonchev–Trinajstić information content (AvgIpc) is 3.34. The van der Waals surface area contributed by atoms with Crippen LogP contribution in [0.2, 0.25) is 0 Å². The predicted octanol–water partition coefficient (Wildman–Crippen LogP) is 19.4. The lowest BCUT2D eigenvalue weighted by atomic mass is 10.0. The van der Waals surface area contributed by atoms with Crippen LogP contribution in [-0.2, 0) is 28.6 Å².